The van der Waals surface area contributed by atoms with Crippen LogP contribution < -0.4 is 0 Å². The zero-order valence-corrected chi connectivity index (χ0v) is 12.2. The van der Waals surface area contributed by atoms with E-state index in [0.29, 0.717) is 15.6 Å². The molecule has 0 aliphatic carbocycles. The standard InChI is InChI=1S/C12H9Br2FO2/c1-2-17-12(16)5-3-4-9-10(14)6-8(13)7-11(9)15/h6-7H,2,5H2,1H3. The molecule has 0 unspecified atom stereocenters. The third-order valence-corrected chi connectivity index (χ3v) is 2.84. The lowest BCUT2D eigenvalue weighted by atomic mass is 10.2. The topological polar surface area (TPSA) is 26.3 Å². The molecule has 0 aliphatic heterocycles. The van der Waals surface area contributed by atoms with Crippen LogP contribution >= 0.6 is 31.9 Å². The molecule has 1 aromatic rings. The van der Waals surface area contributed by atoms with Gasteiger partial charge in [0, 0.05) is 8.95 Å². The summed E-state index contributed by atoms with van der Waals surface area (Å²) in [6, 6.07) is 3.01. The first-order valence-electron chi connectivity index (χ1n) is 4.83. The fourth-order valence-electron chi connectivity index (χ4n) is 1.08. The molecule has 0 saturated carbocycles. The van der Waals surface area contributed by atoms with Gasteiger partial charge in [0.25, 0.3) is 0 Å². The fraction of sp³-hybridized carbons (Fsp3) is 0.250. The Morgan fingerprint density at radius 2 is 2.18 bits per heavy atom. The van der Waals surface area contributed by atoms with Gasteiger partial charge >= 0.3 is 5.97 Å². The number of carbonyl (C=O) groups excluding carboxylic acids is 1. The number of esters is 1. The van der Waals surface area contributed by atoms with Gasteiger partial charge in [-0.1, -0.05) is 27.8 Å². The lowest BCUT2D eigenvalue weighted by molar-refractivity contribution is -0.141. The van der Waals surface area contributed by atoms with Crippen molar-refractivity contribution in [2.45, 2.75) is 13.3 Å². The molecular formula is C12H9Br2FO2. The summed E-state index contributed by atoms with van der Waals surface area (Å²) in [5.41, 5.74) is 0.234. The molecule has 1 rings (SSSR count). The second-order valence-electron chi connectivity index (χ2n) is 3.03. The summed E-state index contributed by atoms with van der Waals surface area (Å²) in [5.74, 6) is 4.33. The van der Waals surface area contributed by atoms with E-state index in [1.165, 1.54) is 6.07 Å². The van der Waals surface area contributed by atoms with Crippen molar-refractivity contribution in [3.8, 4) is 11.8 Å². The van der Waals surface area contributed by atoms with Gasteiger partial charge in [0.15, 0.2) is 0 Å². The van der Waals surface area contributed by atoms with E-state index in [1.54, 1.807) is 13.0 Å². The van der Waals surface area contributed by atoms with Gasteiger partial charge in [-0.15, -0.1) is 0 Å². The first-order chi connectivity index (χ1) is 8.04. The van der Waals surface area contributed by atoms with Crippen molar-refractivity contribution in [1.82, 2.24) is 0 Å². The zero-order valence-electron chi connectivity index (χ0n) is 9.02. The van der Waals surface area contributed by atoms with Crippen LogP contribution in [0.3, 0.4) is 0 Å². The molecule has 0 heterocycles. The van der Waals surface area contributed by atoms with Crippen molar-refractivity contribution in [2.75, 3.05) is 6.61 Å². The molecule has 0 saturated heterocycles. The third kappa shape index (κ3) is 4.49. The van der Waals surface area contributed by atoms with Crippen molar-refractivity contribution in [3.05, 3.63) is 32.5 Å². The number of carbonyl (C=O) groups is 1. The number of hydrogen-bond acceptors (Lipinski definition) is 2. The van der Waals surface area contributed by atoms with Crippen LogP contribution in [0.5, 0.6) is 0 Å². The van der Waals surface area contributed by atoms with E-state index < -0.39 is 11.8 Å². The largest absolute Gasteiger partial charge is 0.465 e. The Balaban J connectivity index is 2.82. The molecule has 5 heteroatoms. The van der Waals surface area contributed by atoms with Crippen molar-refractivity contribution in [3.63, 3.8) is 0 Å². The van der Waals surface area contributed by atoms with E-state index in [9.17, 15) is 9.18 Å². The number of hydrogen-bond donors (Lipinski definition) is 0. The number of ether oxygens (including phenoxy) is 1. The second kappa shape index (κ2) is 6.77. The van der Waals surface area contributed by atoms with Crippen LogP contribution in [0.2, 0.25) is 0 Å². The predicted molar refractivity (Wildman–Crippen MR) is 69.9 cm³/mol. The normalized spacial score (nSPS) is 9.41. The summed E-state index contributed by atoms with van der Waals surface area (Å²) in [5, 5.41) is 0. The Morgan fingerprint density at radius 3 is 2.76 bits per heavy atom. The van der Waals surface area contributed by atoms with Gasteiger partial charge in [0.1, 0.15) is 12.2 Å². The highest BCUT2D eigenvalue weighted by Gasteiger charge is 2.06. The lowest BCUT2D eigenvalue weighted by Crippen LogP contribution is -2.01. The highest BCUT2D eigenvalue weighted by molar-refractivity contribution is 9.11. The highest BCUT2D eigenvalue weighted by Crippen LogP contribution is 2.24. The van der Waals surface area contributed by atoms with Gasteiger partial charge < -0.3 is 4.74 Å². The molecular weight excluding hydrogens is 355 g/mol. The molecule has 0 amide bonds. The molecule has 0 aliphatic rings. The van der Waals surface area contributed by atoms with E-state index in [-0.39, 0.29) is 12.0 Å². The van der Waals surface area contributed by atoms with Crippen LogP contribution in [-0.2, 0) is 9.53 Å². The molecule has 1 aromatic carbocycles. The van der Waals surface area contributed by atoms with Gasteiger partial charge in [-0.25, -0.2) is 4.39 Å². The summed E-state index contributed by atoms with van der Waals surface area (Å²) in [6.45, 7) is 2.03. The molecule has 2 nitrogen and oxygen atoms in total. The maximum absolute atomic E-state index is 13.5. The minimum Gasteiger partial charge on any atom is -0.465 e. The van der Waals surface area contributed by atoms with Crippen LogP contribution in [0, 0.1) is 17.7 Å². The predicted octanol–water partition coefficient (Wildman–Crippen LogP) is 3.66. The van der Waals surface area contributed by atoms with Crippen molar-refractivity contribution in [1.29, 1.82) is 0 Å². The average Bonchev–Trinajstić information content (AvgIpc) is 2.22. The van der Waals surface area contributed by atoms with Gasteiger partial charge in [-0.05, 0) is 35.0 Å². The van der Waals surface area contributed by atoms with E-state index in [4.69, 9.17) is 4.74 Å². The summed E-state index contributed by atoms with van der Waals surface area (Å²) >= 11 is 6.37. The van der Waals surface area contributed by atoms with Crippen LogP contribution in [-0.4, -0.2) is 12.6 Å². The Bertz CT molecular complexity index is 466. The van der Waals surface area contributed by atoms with Gasteiger partial charge in [-0.2, -0.15) is 0 Å². The van der Waals surface area contributed by atoms with Crippen molar-refractivity contribution >= 4 is 37.8 Å². The molecule has 0 aromatic heterocycles. The Labute approximate surface area is 116 Å². The first kappa shape index (κ1) is 14.2. The van der Waals surface area contributed by atoms with Crippen LogP contribution in [0.15, 0.2) is 21.1 Å². The van der Waals surface area contributed by atoms with Crippen LogP contribution in [0.1, 0.15) is 18.9 Å². The summed E-state index contributed by atoms with van der Waals surface area (Å²) in [4.78, 5) is 11.0. The van der Waals surface area contributed by atoms with Crippen molar-refractivity contribution in [2.24, 2.45) is 0 Å². The zero-order chi connectivity index (χ0) is 12.8. The molecule has 0 fully saturated rings. The number of halogens is 3. The highest BCUT2D eigenvalue weighted by atomic mass is 79.9. The number of rotatable bonds is 2. The quantitative estimate of drug-likeness (QED) is 0.592. The summed E-state index contributed by atoms with van der Waals surface area (Å²) in [7, 11) is 0. The molecule has 0 N–H and O–H groups in total. The maximum Gasteiger partial charge on any atom is 0.317 e. The van der Waals surface area contributed by atoms with Gasteiger partial charge in [-0.3, -0.25) is 4.79 Å². The minimum atomic E-state index is -0.442. The first-order valence-corrected chi connectivity index (χ1v) is 6.42. The van der Waals surface area contributed by atoms with Crippen LogP contribution in [0.4, 0.5) is 4.39 Å². The SMILES string of the molecule is CCOC(=O)CC#Cc1c(F)cc(Br)cc1Br. The summed E-state index contributed by atoms with van der Waals surface area (Å²) < 4.78 is 19.4. The third-order valence-electron chi connectivity index (χ3n) is 1.76. The molecule has 90 valence electrons. The molecule has 0 spiro atoms. The smallest absolute Gasteiger partial charge is 0.317 e. The van der Waals surface area contributed by atoms with E-state index >= 15 is 0 Å². The monoisotopic (exact) mass is 362 g/mol. The lowest BCUT2D eigenvalue weighted by Gasteiger charge is -1.99. The van der Waals surface area contributed by atoms with Gasteiger partial charge in [0.05, 0.1) is 12.2 Å². The Morgan fingerprint density at radius 1 is 1.47 bits per heavy atom. The summed E-state index contributed by atoms with van der Waals surface area (Å²) in [6.07, 6.45) is -0.0458. The molecule has 0 radical (unpaired) electrons. The molecule has 0 bridgehead atoms. The Hall–Kier alpha value is -0.860. The maximum atomic E-state index is 13.5. The van der Waals surface area contributed by atoms with E-state index in [1.807, 2.05) is 0 Å². The Kier molecular flexibility index (Phi) is 5.66. The van der Waals surface area contributed by atoms with E-state index in [0.717, 1.165) is 0 Å². The molecule has 0 atom stereocenters. The fourth-order valence-corrected chi connectivity index (χ4v) is 2.35. The molecule has 17 heavy (non-hydrogen) atoms. The van der Waals surface area contributed by atoms with Crippen molar-refractivity contribution < 1.29 is 13.9 Å². The number of benzene rings is 1. The second-order valence-corrected chi connectivity index (χ2v) is 4.80. The van der Waals surface area contributed by atoms with Crippen LogP contribution in [0.25, 0.3) is 0 Å². The minimum absolute atomic E-state index is 0.0458. The van der Waals surface area contributed by atoms with Gasteiger partial charge in [0.2, 0.25) is 0 Å². The van der Waals surface area contributed by atoms with E-state index in [2.05, 4.69) is 43.7 Å². The average molecular weight is 364 g/mol.